The quantitative estimate of drug-likeness (QED) is 0.777. The first kappa shape index (κ1) is 14.8. The van der Waals surface area contributed by atoms with Crippen molar-refractivity contribution in [2.75, 3.05) is 34.0 Å². The number of Topliss-reactive ketones (excluding diaryl/α,β-unsaturated/α-hetero) is 1. The van der Waals surface area contributed by atoms with Gasteiger partial charge >= 0.3 is 0 Å². The maximum atomic E-state index is 12.6. The number of amides is 1. The first-order valence-corrected chi connectivity index (χ1v) is 7.36. The Morgan fingerprint density at radius 3 is 2.64 bits per heavy atom. The molecule has 2 aliphatic rings. The van der Waals surface area contributed by atoms with E-state index in [-0.39, 0.29) is 24.4 Å². The summed E-state index contributed by atoms with van der Waals surface area (Å²) in [7, 11) is 3.67. The van der Waals surface area contributed by atoms with Crippen molar-refractivity contribution in [1.29, 1.82) is 0 Å². The zero-order valence-corrected chi connectivity index (χ0v) is 13.0. The SMILES string of the molecule is C[C@@H](C(=O)c1ccc2c(c1)OCO2)N(C)C(=O)C1CN(C)C1. The molecule has 118 valence electrons. The molecule has 1 atom stereocenters. The molecule has 0 aliphatic carbocycles. The van der Waals surface area contributed by atoms with Crippen LogP contribution in [0, 0.1) is 5.92 Å². The van der Waals surface area contributed by atoms with Gasteiger partial charge in [-0.15, -0.1) is 0 Å². The monoisotopic (exact) mass is 304 g/mol. The molecule has 1 fully saturated rings. The predicted molar refractivity (Wildman–Crippen MR) is 80.1 cm³/mol. The summed E-state index contributed by atoms with van der Waals surface area (Å²) in [6.45, 7) is 3.45. The van der Waals surface area contributed by atoms with Crippen LogP contribution in [0.15, 0.2) is 18.2 Å². The second-order valence-electron chi connectivity index (χ2n) is 5.98. The molecule has 0 aromatic heterocycles. The van der Waals surface area contributed by atoms with Crippen molar-refractivity contribution < 1.29 is 19.1 Å². The number of carbonyl (C=O) groups is 2. The summed E-state index contributed by atoms with van der Waals surface area (Å²) < 4.78 is 10.5. The van der Waals surface area contributed by atoms with Gasteiger partial charge < -0.3 is 19.3 Å². The minimum Gasteiger partial charge on any atom is -0.454 e. The third kappa shape index (κ3) is 2.54. The lowest BCUT2D eigenvalue weighted by Crippen LogP contribution is -2.54. The van der Waals surface area contributed by atoms with E-state index >= 15 is 0 Å². The molecule has 6 heteroatoms. The van der Waals surface area contributed by atoms with Crippen molar-refractivity contribution in [2.24, 2.45) is 5.92 Å². The van der Waals surface area contributed by atoms with Crippen LogP contribution in [-0.4, -0.2) is 61.5 Å². The van der Waals surface area contributed by atoms with Crippen LogP contribution in [0.3, 0.4) is 0 Å². The molecule has 1 aromatic rings. The molecule has 1 aromatic carbocycles. The highest BCUT2D eigenvalue weighted by molar-refractivity contribution is 6.02. The molecule has 0 N–H and O–H groups in total. The van der Waals surface area contributed by atoms with E-state index in [4.69, 9.17) is 9.47 Å². The van der Waals surface area contributed by atoms with Crippen molar-refractivity contribution in [1.82, 2.24) is 9.80 Å². The van der Waals surface area contributed by atoms with Crippen LogP contribution in [0.5, 0.6) is 11.5 Å². The highest BCUT2D eigenvalue weighted by Crippen LogP contribution is 2.33. The van der Waals surface area contributed by atoms with E-state index < -0.39 is 6.04 Å². The van der Waals surface area contributed by atoms with Crippen LogP contribution in [0.2, 0.25) is 0 Å². The summed E-state index contributed by atoms with van der Waals surface area (Å²) in [6, 6.07) is 4.61. The number of benzene rings is 1. The molecule has 2 aliphatic heterocycles. The molecule has 1 saturated heterocycles. The van der Waals surface area contributed by atoms with Crippen molar-refractivity contribution in [3.63, 3.8) is 0 Å². The van der Waals surface area contributed by atoms with E-state index in [2.05, 4.69) is 4.90 Å². The number of fused-ring (bicyclic) bond motifs is 1. The van der Waals surface area contributed by atoms with Gasteiger partial charge in [-0.3, -0.25) is 9.59 Å². The maximum absolute atomic E-state index is 12.6. The number of rotatable bonds is 4. The Kier molecular flexibility index (Phi) is 3.78. The zero-order valence-electron chi connectivity index (χ0n) is 13.0. The van der Waals surface area contributed by atoms with Crippen LogP contribution in [-0.2, 0) is 4.79 Å². The molecule has 6 nitrogen and oxygen atoms in total. The number of ether oxygens (including phenoxy) is 2. The van der Waals surface area contributed by atoms with Gasteiger partial charge in [0.05, 0.1) is 12.0 Å². The Morgan fingerprint density at radius 1 is 1.27 bits per heavy atom. The van der Waals surface area contributed by atoms with Gasteiger partial charge in [-0.25, -0.2) is 0 Å². The molecule has 1 amide bonds. The number of hydrogen-bond donors (Lipinski definition) is 0. The van der Waals surface area contributed by atoms with Gasteiger partial charge in [0, 0.05) is 25.7 Å². The van der Waals surface area contributed by atoms with Gasteiger partial charge in [0.2, 0.25) is 12.7 Å². The van der Waals surface area contributed by atoms with Gasteiger partial charge in [0.1, 0.15) is 0 Å². The standard InChI is InChI=1S/C16H20N2O4/c1-10(18(3)16(20)12-7-17(2)8-12)15(19)11-4-5-13-14(6-11)22-9-21-13/h4-6,10,12H,7-9H2,1-3H3/t10-/m0/s1. The largest absolute Gasteiger partial charge is 0.454 e. The second kappa shape index (κ2) is 5.61. The lowest BCUT2D eigenvalue weighted by Gasteiger charge is -2.38. The number of ketones is 1. The van der Waals surface area contributed by atoms with Crippen molar-refractivity contribution >= 4 is 11.7 Å². The highest BCUT2D eigenvalue weighted by atomic mass is 16.7. The Labute approximate surface area is 129 Å². The first-order valence-electron chi connectivity index (χ1n) is 7.36. The summed E-state index contributed by atoms with van der Waals surface area (Å²) in [4.78, 5) is 28.6. The van der Waals surface area contributed by atoms with Crippen LogP contribution in [0.1, 0.15) is 17.3 Å². The Bertz CT molecular complexity index is 610. The van der Waals surface area contributed by atoms with Gasteiger partial charge in [-0.1, -0.05) is 0 Å². The smallest absolute Gasteiger partial charge is 0.231 e. The summed E-state index contributed by atoms with van der Waals surface area (Å²) in [5.74, 6) is 1.15. The van der Waals surface area contributed by atoms with E-state index in [1.807, 2.05) is 7.05 Å². The average Bonchev–Trinajstić information content (AvgIpc) is 2.96. The third-order valence-corrected chi connectivity index (χ3v) is 4.38. The van der Waals surface area contributed by atoms with Crippen molar-refractivity contribution in [3.05, 3.63) is 23.8 Å². The minimum atomic E-state index is -0.501. The Morgan fingerprint density at radius 2 is 1.95 bits per heavy atom. The predicted octanol–water partition coefficient (Wildman–Crippen LogP) is 1.01. The van der Waals surface area contributed by atoms with Crippen LogP contribution < -0.4 is 9.47 Å². The molecule has 0 spiro atoms. The lowest BCUT2D eigenvalue weighted by atomic mass is 9.97. The topological polar surface area (TPSA) is 59.1 Å². The number of hydrogen-bond acceptors (Lipinski definition) is 5. The van der Waals surface area contributed by atoms with E-state index in [1.165, 1.54) is 0 Å². The minimum absolute atomic E-state index is 0.00186. The first-order chi connectivity index (χ1) is 10.5. The number of likely N-dealkylation sites (N-methyl/N-ethyl adjacent to an activating group) is 1. The molecule has 3 rings (SSSR count). The van der Waals surface area contributed by atoms with E-state index in [0.717, 1.165) is 13.1 Å². The molecule has 22 heavy (non-hydrogen) atoms. The molecule has 0 bridgehead atoms. The number of likely N-dealkylation sites (tertiary alicyclic amines) is 1. The summed E-state index contributed by atoms with van der Waals surface area (Å²) in [5.41, 5.74) is 0.530. The maximum Gasteiger partial charge on any atom is 0.231 e. The normalized spacial score (nSPS) is 18.7. The van der Waals surface area contributed by atoms with E-state index in [9.17, 15) is 9.59 Å². The zero-order chi connectivity index (χ0) is 15.9. The van der Waals surface area contributed by atoms with Gasteiger partial charge in [0.15, 0.2) is 17.3 Å². The van der Waals surface area contributed by atoms with Crippen molar-refractivity contribution in [2.45, 2.75) is 13.0 Å². The molecule has 0 radical (unpaired) electrons. The van der Waals surface area contributed by atoms with Crippen molar-refractivity contribution in [3.8, 4) is 11.5 Å². The molecule has 0 unspecified atom stereocenters. The van der Waals surface area contributed by atoms with Gasteiger partial charge in [-0.05, 0) is 32.2 Å². The third-order valence-electron chi connectivity index (χ3n) is 4.38. The van der Waals surface area contributed by atoms with E-state index in [1.54, 1.807) is 37.1 Å². The second-order valence-corrected chi connectivity index (χ2v) is 5.98. The van der Waals surface area contributed by atoms with Crippen LogP contribution in [0.4, 0.5) is 0 Å². The Balaban J connectivity index is 1.69. The molecule has 2 heterocycles. The fourth-order valence-electron chi connectivity index (χ4n) is 2.80. The lowest BCUT2D eigenvalue weighted by molar-refractivity contribution is -0.140. The molecule has 0 saturated carbocycles. The summed E-state index contributed by atoms with van der Waals surface area (Å²) in [6.07, 6.45) is 0. The fourth-order valence-corrected chi connectivity index (χ4v) is 2.80. The van der Waals surface area contributed by atoms with E-state index in [0.29, 0.717) is 17.1 Å². The highest BCUT2D eigenvalue weighted by Gasteiger charge is 2.35. The van der Waals surface area contributed by atoms with Gasteiger partial charge in [0.25, 0.3) is 0 Å². The number of nitrogens with zero attached hydrogens (tertiary/aromatic N) is 2. The number of carbonyl (C=O) groups excluding carboxylic acids is 2. The summed E-state index contributed by atoms with van der Waals surface area (Å²) >= 11 is 0. The summed E-state index contributed by atoms with van der Waals surface area (Å²) in [5, 5.41) is 0. The Hall–Kier alpha value is -2.08. The van der Waals surface area contributed by atoms with Crippen LogP contribution >= 0.6 is 0 Å². The van der Waals surface area contributed by atoms with Crippen LogP contribution in [0.25, 0.3) is 0 Å². The molecular formula is C16H20N2O4. The average molecular weight is 304 g/mol. The fraction of sp³-hybridized carbons (Fsp3) is 0.500. The molecular weight excluding hydrogens is 284 g/mol. The van der Waals surface area contributed by atoms with Gasteiger partial charge in [-0.2, -0.15) is 0 Å².